The molecule has 0 aromatic heterocycles. The molecular weight excluding hydrogens is 474 g/mol. The van der Waals surface area contributed by atoms with Gasteiger partial charge in [0.05, 0.1) is 13.2 Å². The van der Waals surface area contributed by atoms with Crippen molar-refractivity contribution in [3.8, 4) is 11.8 Å². The zero-order chi connectivity index (χ0) is 25.2. The first kappa shape index (κ1) is 31.3. The Morgan fingerprint density at radius 3 is 2.23 bits per heavy atom. The first-order valence-electron chi connectivity index (χ1n) is 12.1. The summed E-state index contributed by atoms with van der Waals surface area (Å²) < 4.78 is 5.34. The molecule has 1 aliphatic rings. The van der Waals surface area contributed by atoms with E-state index in [-0.39, 0.29) is 19.0 Å². The highest BCUT2D eigenvalue weighted by Crippen LogP contribution is 2.50. The Hall–Kier alpha value is -1.70. The van der Waals surface area contributed by atoms with Crippen molar-refractivity contribution < 1.29 is 35.1 Å². The van der Waals surface area contributed by atoms with E-state index in [2.05, 4.69) is 16.7 Å². The number of halogens is 1. The monoisotopic (exact) mass is 513 g/mol. The van der Waals surface area contributed by atoms with Crippen molar-refractivity contribution in [1.82, 2.24) is 4.90 Å². The molecule has 0 heterocycles. The van der Waals surface area contributed by atoms with Crippen LogP contribution in [0.2, 0.25) is 0 Å². The summed E-state index contributed by atoms with van der Waals surface area (Å²) in [7, 11) is 0. The van der Waals surface area contributed by atoms with Gasteiger partial charge in [-0.25, -0.2) is 4.79 Å². The maximum atomic E-state index is 13.4. The van der Waals surface area contributed by atoms with Crippen molar-refractivity contribution in [2.75, 3.05) is 32.8 Å². The highest BCUT2D eigenvalue weighted by Gasteiger charge is 2.63. The van der Waals surface area contributed by atoms with Crippen molar-refractivity contribution in [3.05, 3.63) is 35.9 Å². The number of rotatable bonds is 11. The molecular formula is C26H40ClNO7. The lowest BCUT2D eigenvalue weighted by Gasteiger charge is -2.51. The van der Waals surface area contributed by atoms with Gasteiger partial charge in [-0.2, -0.15) is 0 Å². The standard InChI is InChI=1S/C26H39NO7.ClH/c1-3-27(4-2)17-11-12-18-34-24(32)26(33,23(31)22(30)21(29)19-28)25(15-9-6-10-16-25)20-13-7-5-8-14-20;/h5,7-8,13-14,21-23,28-31,33H,3-4,6,9-10,15-19H2,1-2H3;1H. The van der Waals surface area contributed by atoms with Gasteiger partial charge in [-0.05, 0) is 31.5 Å². The van der Waals surface area contributed by atoms with Crippen molar-refractivity contribution in [2.24, 2.45) is 0 Å². The summed E-state index contributed by atoms with van der Waals surface area (Å²) in [6.45, 7) is 5.07. The van der Waals surface area contributed by atoms with Crippen LogP contribution in [0.15, 0.2) is 30.3 Å². The molecule has 4 unspecified atom stereocenters. The van der Waals surface area contributed by atoms with E-state index in [1.807, 2.05) is 19.9 Å². The lowest BCUT2D eigenvalue weighted by Crippen LogP contribution is -2.69. The van der Waals surface area contributed by atoms with Gasteiger partial charge in [0.25, 0.3) is 0 Å². The predicted molar refractivity (Wildman–Crippen MR) is 135 cm³/mol. The quantitative estimate of drug-likeness (QED) is 0.219. The molecule has 4 atom stereocenters. The summed E-state index contributed by atoms with van der Waals surface area (Å²) in [5.74, 6) is 4.57. The van der Waals surface area contributed by atoms with Crippen LogP contribution in [-0.4, -0.2) is 93.2 Å². The van der Waals surface area contributed by atoms with Gasteiger partial charge in [0.15, 0.2) is 12.2 Å². The molecule has 1 aromatic rings. The molecule has 1 saturated carbocycles. The van der Waals surface area contributed by atoms with Gasteiger partial charge >= 0.3 is 5.97 Å². The summed E-state index contributed by atoms with van der Waals surface area (Å²) in [6, 6.07) is 8.91. The smallest absolute Gasteiger partial charge is 0.342 e. The molecule has 5 N–H and O–H groups in total. The van der Waals surface area contributed by atoms with E-state index >= 15 is 0 Å². The summed E-state index contributed by atoms with van der Waals surface area (Å²) in [4.78, 5) is 15.5. The fourth-order valence-electron chi connectivity index (χ4n) is 4.84. The predicted octanol–water partition coefficient (Wildman–Crippen LogP) is 1.00. The van der Waals surface area contributed by atoms with Crippen LogP contribution >= 0.6 is 12.4 Å². The second-order valence-electron chi connectivity index (χ2n) is 8.85. The van der Waals surface area contributed by atoms with E-state index in [0.717, 1.165) is 19.5 Å². The normalized spacial score (nSPS) is 19.3. The van der Waals surface area contributed by atoms with E-state index in [4.69, 9.17) is 4.74 Å². The third-order valence-corrected chi connectivity index (χ3v) is 7.00. The van der Waals surface area contributed by atoms with Crippen molar-refractivity contribution >= 4 is 18.4 Å². The zero-order valence-corrected chi connectivity index (χ0v) is 21.4. The van der Waals surface area contributed by atoms with Gasteiger partial charge in [0.2, 0.25) is 0 Å². The first-order valence-corrected chi connectivity index (χ1v) is 12.1. The molecule has 1 aliphatic carbocycles. The number of carbonyl (C=O) groups is 1. The zero-order valence-electron chi connectivity index (χ0n) is 20.6. The fraction of sp³-hybridized carbons (Fsp3) is 0.654. The third kappa shape index (κ3) is 6.95. The summed E-state index contributed by atoms with van der Waals surface area (Å²) >= 11 is 0. The molecule has 35 heavy (non-hydrogen) atoms. The molecule has 0 amide bonds. The Kier molecular flexibility index (Phi) is 13.2. The van der Waals surface area contributed by atoms with Crippen LogP contribution in [0.4, 0.5) is 0 Å². The second kappa shape index (κ2) is 14.8. The highest BCUT2D eigenvalue weighted by molar-refractivity contribution is 5.85. The molecule has 1 fully saturated rings. The lowest BCUT2D eigenvalue weighted by molar-refractivity contribution is -0.216. The van der Waals surface area contributed by atoms with Gasteiger partial charge in [0, 0.05) is 5.41 Å². The number of aliphatic hydroxyl groups excluding tert-OH is 4. The van der Waals surface area contributed by atoms with Crippen LogP contribution in [0.1, 0.15) is 51.5 Å². The molecule has 8 nitrogen and oxygen atoms in total. The lowest BCUT2D eigenvalue weighted by atomic mass is 9.57. The van der Waals surface area contributed by atoms with E-state index < -0.39 is 41.9 Å². The summed E-state index contributed by atoms with van der Waals surface area (Å²) in [5.41, 5.74) is -3.20. The van der Waals surface area contributed by atoms with Crippen LogP contribution in [0.5, 0.6) is 0 Å². The molecule has 0 spiro atoms. The molecule has 1 aromatic carbocycles. The van der Waals surface area contributed by atoms with Gasteiger partial charge in [0.1, 0.15) is 18.3 Å². The Labute approximate surface area is 214 Å². The SMILES string of the molecule is CCN(CC)CC#CCOC(=O)C(O)(C(O)C(O)C(O)CO)C1(c2ccccc2)CCCCC1.Cl. The van der Waals surface area contributed by atoms with Crippen molar-refractivity contribution in [2.45, 2.75) is 75.3 Å². The van der Waals surface area contributed by atoms with Gasteiger partial charge < -0.3 is 30.3 Å². The molecule has 0 aliphatic heterocycles. The van der Waals surface area contributed by atoms with E-state index in [1.165, 1.54) is 0 Å². The summed E-state index contributed by atoms with van der Waals surface area (Å²) in [5, 5.41) is 52.9. The number of carbonyl (C=O) groups excluding carboxylic acids is 1. The van der Waals surface area contributed by atoms with E-state index in [0.29, 0.717) is 37.8 Å². The summed E-state index contributed by atoms with van der Waals surface area (Å²) in [6.07, 6.45) is -2.81. The Bertz CT molecular complexity index is 818. The largest absolute Gasteiger partial charge is 0.450 e. The number of esters is 1. The first-order chi connectivity index (χ1) is 16.3. The van der Waals surface area contributed by atoms with Crippen molar-refractivity contribution in [1.29, 1.82) is 0 Å². The Balaban J connectivity index is 0.00000612. The van der Waals surface area contributed by atoms with Crippen LogP contribution < -0.4 is 0 Å². The average Bonchev–Trinajstić information content (AvgIpc) is 2.89. The number of hydrogen-bond acceptors (Lipinski definition) is 8. The fourth-order valence-corrected chi connectivity index (χ4v) is 4.84. The minimum absolute atomic E-state index is 0. The minimum atomic E-state index is -2.58. The number of benzene rings is 1. The van der Waals surface area contributed by atoms with Gasteiger partial charge in [-0.15, -0.1) is 12.4 Å². The molecule has 0 bridgehead atoms. The van der Waals surface area contributed by atoms with Crippen LogP contribution in [0.25, 0.3) is 0 Å². The topological polar surface area (TPSA) is 131 Å². The van der Waals surface area contributed by atoms with E-state index in [1.54, 1.807) is 24.3 Å². The average molecular weight is 514 g/mol. The van der Waals surface area contributed by atoms with Crippen LogP contribution in [0, 0.1) is 11.8 Å². The van der Waals surface area contributed by atoms with Gasteiger partial charge in [-0.3, -0.25) is 4.90 Å². The minimum Gasteiger partial charge on any atom is -0.450 e. The molecule has 0 radical (unpaired) electrons. The number of aliphatic hydroxyl groups is 5. The van der Waals surface area contributed by atoms with E-state index in [9.17, 15) is 30.3 Å². The molecule has 9 heteroatoms. The highest BCUT2D eigenvalue weighted by atomic mass is 35.5. The Morgan fingerprint density at radius 1 is 1.09 bits per heavy atom. The molecule has 2 rings (SSSR count). The Morgan fingerprint density at radius 2 is 1.69 bits per heavy atom. The van der Waals surface area contributed by atoms with Gasteiger partial charge in [-0.1, -0.05) is 75.3 Å². The maximum absolute atomic E-state index is 13.4. The van der Waals surface area contributed by atoms with Crippen LogP contribution in [0.3, 0.4) is 0 Å². The number of ether oxygens (including phenoxy) is 1. The maximum Gasteiger partial charge on any atom is 0.342 e. The number of hydrogen-bond donors (Lipinski definition) is 5. The molecule has 0 saturated heterocycles. The molecule has 198 valence electrons. The third-order valence-electron chi connectivity index (χ3n) is 7.00. The van der Waals surface area contributed by atoms with Crippen LogP contribution in [-0.2, 0) is 14.9 Å². The second-order valence-corrected chi connectivity index (χ2v) is 8.85. The van der Waals surface area contributed by atoms with Crippen molar-refractivity contribution in [3.63, 3.8) is 0 Å². The number of nitrogens with zero attached hydrogens (tertiary/aromatic N) is 1.